The van der Waals surface area contributed by atoms with Crippen molar-refractivity contribution in [1.82, 2.24) is 9.80 Å². The summed E-state index contributed by atoms with van der Waals surface area (Å²) in [4.78, 5) is 25.3. The van der Waals surface area contributed by atoms with E-state index in [0.717, 1.165) is 0 Å². The van der Waals surface area contributed by atoms with E-state index in [0.29, 0.717) is 0 Å². The molecule has 0 bridgehead atoms. The van der Waals surface area contributed by atoms with E-state index in [1.165, 1.54) is 9.80 Å². The van der Waals surface area contributed by atoms with Crippen LogP contribution in [0.2, 0.25) is 0 Å². The van der Waals surface area contributed by atoms with Gasteiger partial charge in [-0.15, -0.1) is 0 Å². The molecule has 0 radical (unpaired) electrons. The van der Waals surface area contributed by atoms with Gasteiger partial charge in [0.15, 0.2) is 9.84 Å². The number of carboxylic acids is 1. The Labute approximate surface area is 98.9 Å². The maximum Gasteiger partial charge on any atom is 0.320 e. The smallest absolute Gasteiger partial charge is 0.320 e. The highest BCUT2D eigenvalue weighted by Crippen LogP contribution is 2.18. The van der Waals surface area contributed by atoms with E-state index >= 15 is 0 Å². The average Bonchev–Trinajstić information content (AvgIpc) is 2.14. The van der Waals surface area contributed by atoms with Gasteiger partial charge in [-0.25, -0.2) is 13.2 Å². The summed E-state index contributed by atoms with van der Waals surface area (Å²) < 4.78 is 22.4. The van der Waals surface area contributed by atoms with Crippen LogP contribution in [-0.2, 0) is 14.6 Å². The molecule has 8 heteroatoms. The zero-order chi connectivity index (χ0) is 12.6. The van der Waals surface area contributed by atoms with Crippen molar-refractivity contribution in [3.05, 3.63) is 0 Å². The van der Waals surface area contributed by atoms with Crippen LogP contribution in [-0.4, -0.2) is 73.0 Å². The number of urea groups is 1. The molecule has 17 heavy (non-hydrogen) atoms. The number of aliphatic carboxylic acids is 1. The van der Waals surface area contributed by atoms with Crippen molar-refractivity contribution in [1.29, 1.82) is 0 Å². The Bertz CT molecular complexity index is 426. The molecule has 2 saturated heterocycles. The Balaban J connectivity index is 1.85. The summed E-state index contributed by atoms with van der Waals surface area (Å²) in [6.07, 6.45) is 0. The van der Waals surface area contributed by atoms with E-state index in [9.17, 15) is 18.0 Å². The van der Waals surface area contributed by atoms with Crippen LogP contribution >= 0.6 is 0 Å². The Morgan fingerprint density at radius 3 is 2.06 bits per heavy atom. The number of hydrogen-bond donors (Lipinski definition) is 1. The highest BCUT2D eigenvalue weighted by molar-refractivity contribution is 7.91. The maximum atomic E-state index is 11.8. The topological polar surface area (TPSA) is 95.0 Å². The van der Waals surface area contributed by atoms with Gasteiger partial charge in [0.1, 0.15) is 0 Å². The largest absolute Gasteiger partial charge is 0.481 e. The van der Waals surface area contributed by atoms with Crippen molar-refractivity contribution in [3.8, 4) is 0 Å². The van der Waals surface area contributed by atoms with Crippen LogP contribution in [0.3, 0.4) is 0 Å². The molecule has 2 aliphatic rings. The maximum absolute atomic E-state index is 11.8. The Morgan fingerprint density at radius 1 is 1.06 bits per heavy atom. The summed E-state index contributed by atoms with van der Waals surface area (Å²) in [7, 11) is -2.99. The summed E-state index contributed by atoms with van der Waals surface area (Å²) in [5, 5.41) is 8.68. The van der Waals surface area contributed by atoms with Crippen molar-refractivity contribution in [3.63, 3.8) is 0 Å². The first-order valence-corrected chi connectivity index (χ1v) is 7.18. The number of carboxylic acid groups (broad SMARTS) is 1. The number of carbonyl (C=O) groups is 2. The molecule has 0 saturated carbocycles. The minimum absolute atomic E-state index is 0.00502. The summed E-state index contributed by atoms with van der Waals surface area (Å²) in [6.45, 7) is 0.847. The third-order valence-corrected chi connectivity index (χ3v) is 4.73. The highest BCUT2D eigenvalue weighted by Gasteiger charge is 2.38. The molecular formula is C9H14N2O5S. The fraction of sp³-hybridized carbons (Fsp3) is 0.778. The summed E-state index contributed by atoms with van der Waals surface area (Å²) in [5.41, 5.74) is 0. The lowest BCUT2D eigenvalue weighted by Gasteiger charge is -2.40. The molecule has 0 spiro atoms. The second-order valence-electron chi connectivity index (χ2n) is 4.36. The zero-order valence-electron chi connectivity index (χ0n) is 9.20. The second-order valence-corrected chi connectivity index (χ2v) is 6.67. The first-order valence-electron chi connectivity index (χ1n) is 5.36. The fourth-order valence-electron chi connectivity index (χ4n) is 1.89. The standard InChI is InChI=1S/C9H14N2O5S/c12-8(13)7-5-11(6-7)9(14)10-1-3-17(15,16)4-2-10/h7H,1-6H2,(H,12,13). The molecule has 0 unspecified atom stereocenters. The highest BCUT2D eigenvalue weighted by atomic mass is 32.2. The van der Waals surface area contributed by atoms with E-state index in [-0.39, 0.29) is 43.7 Å². The van der Waals surface area contributed by atoms with E-state index < -0.39 is 21.7 Å². The van der Waals surface area contributed by atoms with Crippen LogP contribution in [0.5, 0.6) is 0 Å². The van der Waals surface area contributed by atoms with E-state index in [1.54, 1.807) is 0 Å². The molecule has 0 aromatic rings. The number of hydrogen-bond acceptors (Lipinski definition) is 4. The molecule has 0 aliphatic carbocycles. The number of amides is 2. The van der Waals surface area contributed by atoms with Gasteiger partial charge in [-0.05, 0) is 0 Å². The summed E-state index contributed by atoms with van der Waals surface area (Å²) in [6, 6.07) is -0.252. The molecule has 0 aromatic carbocycles. The predicted molar refractivity (Wildman–Crippen MR) is 58.3 cm³/mol. The van der Waals surface area contributed by atoms with Crippen molar-refractivity contribution < 1.29 is 23.1 Å². The van der Waals surface area contributed by atoms with Crippen molar-refractivity contribution in [2.45, 2.75) is 0 Å². The number of rotatable bonds is 1. The van der Waals surface area contributed by atoms with Gasteiger partial charge >= 0.3 is 12.0 Å². The quantitative estimate of drug-likeness (QED) is 0.644. The van der Waals surface area contributed by atoms with Crippen molar-refractivity contribution in [2.24, 2.45) is 5.92 Å². The number of carbonyl (C=O) groups excluding carboxylic acids is 1. The number of nitrogens with zero attached hydrogens (tertiary/aromatic N) is 2. The predicted octanol–water partition coefficient (Wildman–Crippen LogP) is -1.15. The third kappa shape index (κ3) is 2.51. The van der Waals surface area contributed by atoms with E-state index in [4.69, 9.17) is 5.11 Å². The van der Waals surface area contributed by atoms with Crippen LogP contribution < -0.4 is 0 Å². The summed E-state index contributed by atoms with van der Waals surface area (Å²) >= 11 is 0. The van der Waals surface area contributed by atoms with Crippen LogP contribution in [0, 0.1) is 5.92 Å². The number of sulfone groups is 1. The van der Waals surface area contributed by atoms with E-state index in [2.05, 4.69) is 0 Å². The lowest BCUT2D eigenvalue weighted by Crippen LogP contribution is -2.59. The van der Waals surface area contributed by atoms with Gasteiger partial charge < -0.3 is 14.9 Å². The van der Waals surface area contributed by atoms with Crippen LogP contribution in [0.25, 0.3) is 0 Å². The molecule has 2 rings (SSSR count). The normalized spacial score (nSPS) is 24.2. The molecular weight excluding hydrogens is 248 g/mol. The number of likely N-dealkylation sites (tertiary alicyclic amines) is 1. The van der Waals surface area contributed by atoms with Crippen molar-refractivity contribution >= 4 is 21.8 Å². The molecule has 0 atom stereocenters. The summed E-state index contributed by atoms with van der Waals surface area (Å²) in [5.74, 6) is -1.38. The third-order valence-electron chi connectivity index (χ3n) is 3.12. The molecule has 96 valence electrons. The molecule has 0 aromatic heterocycles. The molecule has 2 amide bonds. The Kier molecular flexibility index (Phi) is 2.98. The first-order chi connectivity index (χ1) is 7.89. The van der Waals surface area contributed by atoms with Gasteiger partial charge in [-0.1, -0.05) is 0 Å². The monoisotopic (exact) mass is 262 g/mol. The Morgan fingerprint density at radius 2 is 1.59 bits per heavy atom. The van der Waals surface area contributed by atoms with Gasteiger partial charge in [0.25, 0.3) is 0 Å². The second kappa shape index (κ2) is 4.17. The fourth-order valence-corrected chi connectivity index (χ4v) is 3.10. The molecule has 2 heterocycles. The molecule has 2 fully saturated rings. The van der Waals surface area contributed by atoms with E-state index in [1.807, 2.05) is 0 Å². The SMILES string of the molecule is O=C(O)C1CN(C(=O)N2CCS(=O)(=O)CC2)C1. The molecule has 7 nitrogen and oxygen atoms in total. The van der Waals surface area contributed by atoms with Crippen LogP contribution in [0.1, 0.15) is 0 Å². The van der Waals surface area contributed by atoms with Gasteiger partial charge in [-0.2, -0.15) is 0 Å². The Hall–Kier alpha value is -1.31. The average molecular weight is 262 g/mol. The van der Waals surface area contributed by atoms with Crippen molar-refractivity contribution in [2.75, 3.05) is 37.7 Å². The van der Waals surface area contributed by atoms with Crippen LogP contribution in [0.4, 0.5) is 4.79 Å². The van der Waals surface area contributed by atoms with Gasteiger partial charge in [0.05, 0.1) is 17.4 Å². The van der Waals surface area contributed by atoms with Gasteiger partial charge in [-0.3, -0.25) is 4.79 Å². The zero-order valence-corrected chi connectivity index (χ0v) is 10.0. The lowest BCUT2D eigenvalue weighted by atomic mass is 10.0. The van der Waals surface area contributed by atoms with Gasteiger partial charge in [0, 0.05) is 26.2 Å². The minimum Gasteiger partial charge on any atom is -0.481 e. The lowest BCUT2D eigenvalue weighted by molar-refractivity contribution is -0.146. The molecule has 1 N–H and O–H groups in total. The first kappa shape index (κ1) is 12.2. The van der Waals surface area contributed by atoms with Crippen LogP contribution in [0.15, 0.2) is 0 Å². The van der Waals surface area contributed by atoms with Gasteiger partial charge in [0.2, 0.25) is 0 Å². The molecule has 2 aliphatic heterocycles. The minimum atomic E-state index is -2.99.